The number of nitrogens with one attached hydrogen (secondary N) is 2. The SMILES string of the molecule is N[C@H](Cc1c[nH]c2ccccc12)C(=O)NOCC(F)(F)F. The highest BCUT2D eigenvalue weighted by Gasteiger charge is 2.28. The van der Waals surface area contributed by atoms with Gasteiger partial charge in [-0.2, -0.15) is 13.2 Å². The molecule has 1 aromatic heterocycles. The Morgan fingerprint density at radius 1 is 1.38 bits per heavy atom. The zero-order chi connectivity index (χ0) is 15.5. The predicted molar refractivity (Wildman–Crippen MR) is 70.1 cm³/mol. The summed E-state index contributed by atoms with van der Waals surface area (Å²) in [4.78, 5) is 18.7. The molecular weight excluding hydrogens is 287 g/mol. The number of fused-ring (bicyclic) bond motifs is 1. The van der Waals surface area contributed by atoms with Gasteiger partial charge in [0.2, 0.25) is 0 Å². The van der Waals surface area contributed by atoms with E-state index in [1.54, 1.807) is 11.7 Å². The van der Waals surface area contributed by atoms with Crippen LogP contribution in [-0.2, 0) is 16.1 Å². The third kappa shape index (κ3) is 4.20. The molecule has 2 aromatic rings. The molecule has 0 aliphatic rings. The molecule has 5 nitrogen and oxygen atoms in total. The van der Waals surface area contributed by atoms with Crippen LogP contribution in [0, 0.1) is 0 Å². The summed E-state index contributed by atoms with van der Waals surface area (Å²) in [7, 11) is 0. The van der Waals surface area contributed by atoms with E-state index in [4.69, 9.17) is 5.73 Å². The lowest BCUT2D eigenvalue weighted by atomic mass is 10.1. The lowest BCUT2D eigenvalue weighted by Crippen LogP contribution is -2.43. The number of carbonyl (C=O) groups is 1. The average Bonchev–Trinajstić information content (AvgIpc) is 2.80. The lowest BCUT2D eigenvalue weighted by molar-refractivity contribution is -0.192. The highest BCUT2D eigenvalue weighted by Crippen LogP contribution is 2.18. The molecule has 2 rings (SSSR count). The van der Waals surface area contributed by atoms with Crippen molar-refractivity contribution < 1.29 is 22.8 Å². The lowest BCUT2D eigenvalue weighted by Gasteiger charge is -2.12. The maximum Gasteiger partial charge on any atom is 0.414 e. The molecule has 4 N–H and O–H groups in total. The Balaban J connectivity index is 1.92. The van der Waals surface area contributed by atoms with Crippen LogP contribution in [0.1, 0.15) is 5.56 Å². The fourth-order valence-electron chi connectivity index (χ4n) is 1.89. The van der Waals surface area contributed by atoms with Gasteiger partial charge >= 0.3 is 6.18 Å². The number of rotatable bonds is 5. The summed E-state index contributed by atoms with van der Waals surface area (Å²) in [5.41, 5.74) is 9.07. The second-order valence-electron chi connectivity index (χ2n) is 4.54. The summed E-state index contributed by atoms with van der Waals surface area (Å²) < 4.78 is 35.6. The number of alkyl halides is 3. The van der Waals surface area contributed by atoms with Crippen LogP contribution in [0.2, 0.25) is 0 Å². The van der Waals surface area contributed by atoms with Crippen molar-refractivity contribution >= 4 is 16.8 Å². The Bertz CT molecular complexity index is 624. The molecule has 0 fully saturated rings. The Hall–Kier alpha value is -2.06. The van der Waals surface area contributed by atoms with Gasteiger partial charge in [0.05, 0.1) is 6.04 Å². The van der Waals surface area contributed by atoms with Crippen LogP contribution in [-0.4, -0.2) is 29.7 Å². The summed E-state index contributed by atoms with van der Waals surface area (Å²) in [5.74, 6) is -0.801. The number of H-pyrrole nitrogens is 1. The van der Waals surface area contributed by atoms with Gasteiger partial charge in [-0.25, -0.2) is 5.48 Å². The highest BCUT2D eigenvalue weighted by molar-refractivity contribution is 5.85. The molecule has 0 unspecified atom stereocenters. The molecule has 0 radical (unpaired) electrons. The number of hydrogen-bond acceptors (Lipinski definition) is 3. The van der Waals surface area contributed by atoms with Crippen LogP contribution in [0.4, 0.5) is 13.2 Å². The number of hydroxylamine groups is 1. The van der Waals surface area contributed by atoms with Gasteiger partial charge in [-0.15, -0.1) is 0 Å². The highest BCUT2D eigenvalue weighted by atomic mass is 19.4. The summed E-state index contributed by atoms with van der Waals surface area (Å²) in [6.07, 6.45) is -2.60. The Morgan fingerprint density at radius 3 is 2.81 bits per heavy atom. The molecule has 0 aliphatic carbocycles. The normalized spacial score (nSPS) is 13.3. The zero-order valence-corrected chi connectivity index (χ0v) is 10.9. The second kappa shape index (κ2) is 6.15. The van der Waals surface area contributed by atoms with E-state index in [2.05, 4.69) is 9.82 Å². The second-order valence-corrected chi connectivity index (χ2v) is 4.54. The number of para-hydroxylation sites is 1. The topological polar surface area (TPSA) is 80.1 Å². The van der Waals surface area contributed by atoms with Crippen LogP contribution >= 0.6 is 0 Å². The van der Waals surface area contributed by atoms with Crippen molar-refractivity contribution in [2.24, 2.45) is 5.73 Å². The van der Waals surface area contributed by atoms with Crippen LogP contribution in [0.5, 0.6) is 0 Å². The number of aromatic nitrogens is 1. The van der Waals surface area contributed by atoms with E-state index in [-0.39, 0.29) is 6.42 Å². The van der Waals surface area contributed by atoms with Gasteiger partial charge in [-0.1, -0.05) is 18.2 Å². The standard InChI is InChI=1S/C13H14F3N3O2/c14-13(15,16)7-21-19-12(20)10(17)5-8-6-18-11-4-2-1-3-9(8)11/h1-4,6,10,18H,5,7,17H2,(H,19,20)/t10-/m1/s1. The molecule has 0 saturated carbocycles. The van der Waals surface area contributed by atoms with E-state index in [1.165, 1.54) is 0 Å². The molecule has 1 atom stereocenters. The Morgan fingerprint density at radius 2 is 2.10 bits per heavy atom. The number of benzene rings is 1. The van der Waals surface area contributed by atoms with E-state index >= 15 is 0 Å². The molecule has 1 heterocycles. The molecule has 0 saturated heterocycles. The van der Waals surface area contributed by atoms with Gasteiger partial charge in [0.1, 0.15) is 0 Å². The van der Waals surface area contributed by atoms with Crippen molar-refractivity contribution in [1.82, 2.24) is 10.5 Å². The van der Waals surface area contributed by atoms with Crippen molar-refractivity contribution in [3.05, 3.63) is 36.0 Å². The van der Waals surface area contributed by atoms with Gasteiger partial charge < -0.3 is 10.7 Å². The van der Waals surface area contributed by atoms with E-state index in [9.17, 15) is 18.0 Å². The third-order valence-corrected chi connectivity index (χ3v) is 2.86. The first-order chi connectivity index (χ1) is 9.87. The first-order valence-corrected chi connectivity index (χ1v) is 6.16. The van der Waals surface area contributed by atoms with Crippen molar-refractivity contribution in [3.8, 4) is 0 Å². The van der Waals surface area contributed by atoms with E-state index < -0.39 is 24.7 Å². The quantitative estimate of drug-likeness (QED) is 0.735. The summed E-state index contributed by atoms with van der Waals surface area (Å²) in [5, 5.41) is 0.914. The van der Waals surface area contributed by atoms with Crippen molar-refractivity contribution in [2.75, 3.05) is 6.61 Å². The summed E-state index contributed by atoms with van der Waals surface area (Å²) in [6, 6.07) is 6.44. The minimum absolute atomic E-state index is 0.186. The third-order valence-electron chi connectivity index (χ3n) is 2.86. The van der Waals surface area contributed by atoms with Crippen LogP contribution in [0.3, 0.4) is 0 Å². The van der Waals surface area contributed by atoms with Crippen LogP contribution < -0.4 is 11.2 Å². The smallest absolute Gasteiger partial charge is 0.361 e. The molecule has 1 amide bonds. The largest absolute Gasteiger partial charge is 0.414 e. The first kappa shape index (κ1) is 15.3. The number of aromatic amines is 1. The van der Waals surface area contributed by atoms with Gasteiger partial charge in [0.15, 0.2) is 6.61 Å². The van der Waals surface area contributed by atoms with Gasteiger partial charge in [-0.3, -0.25) is 9.63 Å². The number of carbonyl (C=O) groups excluding carboxylic acids is 1. The number of halogens is 3. The number of amides is 1. The van der Waals surface area contributed by atoms with E-state index in [0.717, 1.165) is 16.5 Å². The van der Waals surface area contributed by atoms with Gasteiger partial charge in [-0.05, 0) is 18.1 Å². The van der Waals surface area contributed by atoms with Crippen LogP contribution in [0.25, 0.3) is 10.9 Å². The van der Waals surface area contributed by atoms with Crippen molar-refractivity contribution in [1.29, 1.82) is 0 Å². The number of nitrogens with two attached hydrogens (primary N) is 1. The summed E-state index contributed by atoms with van der Waals surface area (Å²) in [6.45, 7) is -1.56. The molecule has 0 aliphatic heterocycles. The van der Waals surface area contributed by atoms with E-state index in [1.807, 2.05) is 24.3 Å². The molecule has 0 bridgehead atoms. The molecular formula is C13H14F3N3O2. The maximum atomic E-state index is 11.9. The zero-order valence-electron chi connectivity index (χ0n) is 10.9. The van der Waals surface area contributed by atoms with E-state index in [0.29, 0.717) is 0 Å². The maximum absolute atomic E-state index is 11.9. The first-order valence-electron chi connectivity index (χ1n) is 6.16. The molecule has 0 spiro atoms. The van der Waals surface area contributed by atoms with Gasteiger partial charge in [0.25, 0.3) is 5.91 Å². The summed E-state index contributed by atoms with van der Waals surface area (Å²) >= 11 is 0. The van der Waals surface area contributed by atoms with Crippen LogP contribution in [0.15, 0.2) is 30.5 Å². The van der Waals surface area contributed by atoms with Gasteiger partial charge in [0, 0.05) is 17.1 Å². The minimum Gasteiger partial charge on any atom is -0.361 e. The Kier molecular flexibility index (Phi) is 4.49. The van der Waals surface area contributed by atoms with Crippen molar-refractivity contribution in [3.63, 3.8) is 0 Å². The van der Waals surface area contributed by atoms with Crippen molar-refractivity contribution in [2.45, 2.75) is 18.6 Å². The molecule has 114 valence electrons. The fourth-order valence-corrected chi connectivity index (χ4v) is 1.89. The predicted octanol–water partition coefficient (Wildman–Crippen LogP) is 1.65. The Labute approximate surface area is 118 Å². The molecule has 21 heavy (non-hydrogen) atoms. The fraction of sp³-hybridized carbons (Fsp3) is 0.308. The monoisotopic (exact) mass is 301 g/mol. The minimum atomic E-state index is -4.51. The molecule has 1 aromatic carbocycles. The average molecular weight is 301 g/mol. The number of hydrogen-bond donors (Lipinski definition) is 3. The molecule has 8 heteroatoms.